The molecule has 1 atom stereocenters. The first-order chi connectivity index (χ1) is 12.1. The molecule has 3 rings (SSSR count). The molecule has 2 aromatic rings. The first-order valence-corrected chi connectivity index (χ1v) is 8.43. The third-order valence-corrected chi connectivity index (χ3v) is 4.47. The second-order valence-corrected chi connectivity index (χ2v) is 6.33. The smallest absolute Gasteiger partial charge is 0.231 e. The Kier molecular flexibility index (Phi) is 5.46. The number of Topliss-reactive ketones (excluding diaryl/α,β-unsaturated/α-hetero) is 1. The van der Waals surface area contributed by atoms with Gasteiger partial charge in [0.2, 0.25) is 5.91 Å². The highest BCUT2D eigenvalue weighted by molar-refractivity contribution is 5.97. The van der Waals surface area contributed by atoms with Gasteiger partial charge in [0, 0.05) is 12.1 Å². The molecule has 0 aromatic heterocycles. The molecule has 1 aliphatic heterocycles. The average Bonchev–Trinajstić information content (AvgIpc) is 3.08. The minimum atomic E-state index is -0.285. The Labute approximate surface area is 147 Å². The second kappa shape index (κ2) is 7.94. The fourth-order valence-electron chi connectivity index (χ4n) is 3.16. The summed E-state index contributed by atoms with van der Waals surface area (Å²) in [4.78, 5) is 25.1. The number of carbonyl (C=O) groups excluding carboxylic acids is 2. The number of nitrogens with two attached hydrogens (primary N) is 1. The predicted molar refractivity (Wildman–Crippen MR) is 95.7 cm³/mol. The summed E-state index contributed by atoms with van der Waals surface area (Å²) in [6.45, 7) is 2.07. The fourth-order valence-corrected chi connectivity index (χ4v) is 3.16. The van der Waals surface area contributed by atoms with Gasteiger partial charge in [0.25, 0.3) is 0 Å². The molecule has 1 fully saturated rings. The van der Waals surface area contributed by atoms with Gasteiger partial charge in [0.1, 0.15) is 5.75 Å². The monoisotopic (exact) mass is 338 g/mol. The number of benzene rings is 2. The summed E-state index contributed by atoms with van der Waals surface area (Å²) in [6.07, 6.45) is 1.01. The number of ether oxygens (including phenoxy) is 1. The highest BCUT2D eigenvalue weighted by Gasteiger charge is 2.24. The Hall–Kier alpha value is -2.66. The van der Waals surface area contributed by atoms with E-state index in [1.807, 2.05) is 42.5 Å². The minimum Gasteiger partial charge on any atom is -0.485 e. The van der Waals surface area contributed by atoms with Crippen LogP contribution in [0.3, 0.4) is 0 Å². The molecule has 25 heavy (non-hydrogen) atoms. The van der Waals surface area contributed by atoms with Crippen LogP contribution >= 0.6 is 0 Å². The summed E-state index contributed by atoms with van der Waals surface area (Å²) in [5, 5.41) is 0. The van der Waals surface area contributed by atoms with Crippen molar-refractivity contribution in [2.75, 3.05) is 26.2 Å². The lowest BCUT2D eigenvalue weighted by molar-refractivity contribution is -0.118. The largest absolute Gasteiger partial charge is 0.485 e. The summed E-state index contributed by atoms with van der Waals surface area (Å²) in [5.41, 5.74) is 7.12. The van der Waals surface area contributed by atoms with Crippen LogP contribution in [0.2, 0.25) is 0 Å². The van der Waals surface area contributed by atoms with E-state index in [2.05, 4.69) is 4.90 Å². The number of primary amides is 1. The molecule has 0 bridgehead atoms. The SMILES string of the molecule is NC(=O)CN1CCC(c2ccc(OCC(=O)c3ccccc3)cc2)C1. The van der Waals surface area contributed by atoms with Crippen molar-refractivity contribution in [3.05, 3.63) is 65.7 Å². The van der Waals surface area contributed by atoms with Crippen molar-refractivity contribution >= 4 is 11.7 Å². The third-order valence-electron chi connectivity index (χ3n) is 4.47. The van der Waals surface area contributed by atoms with Crippen LogP contribution in [0.5, 0.6) is 5.75 Å². The number of nitrogens with zero attached hydrogens (tertiary/aromatic N) is 1. The lowest BCUT2D eigenvalue weighted by Crippen LogP contribution is -2.31. The van der Waals surface area contributed by atoms with Crippen LogP contribution < -0.4 is 10.5 Å². The normalized spacial score (nSPS) is 17.4. The van der Waals surface area contributed by atoms with Gasteiger partial charge >= 0.3 is 0 Å². The van der Waals surface area contributed by atoms with Gasteiger partial charge in [0.15, 0.2) is 12.4 Å². The van der Waals surface area contributed by atoms with Gasteiger partial charge in [-0.2, -0.15) is 0 Å². The summed E-state index contributed by atoms with van der Waals surface area (Å²) in [6, 6.07) is 17.0. The molecule has 1 aliphatic rings. The molecular weight excluding hydrogens is 316 g/mol. The van der Waals surface area contributed by atoms with Crippen molar-refractivity contribution in [1.82, 2.24) is 4.90 Å². The van der Waals surface area contributed by atoms with Crippen molar-refractivity contribution in [1.29, 1.82) is 0 Å². The Balaban J connectivity index is 1.52. The van der Waals surface area contributed by atoms with E-state index in [1.54, 1.807) is 12.1 Å². The van der Waals surface area contributed by atoms with Crippen LogP contribution in [0.1, 0.15) is 28.3 Å². The van der Waals surface area contributed by atoms with E-state index >= 15 is 0 Å². The standard InChI is InChI=1S/C20H22N2O3/c21-20(24)13-22-11-10-17(12-22)15-6-8-18(9-7-15)25-14-19(23)16-4-2-1-3-5-16/h1-9,17H,10-14H2,(H2,21,24). The number of hydrogen-bond acceptors (Lipinski definition) is 4. The zero-order valence-corrected chi connectivity index (χ0v) is 14.1. The van der Waals surface area contributed by atoms with Gasteiger partial charge in [-0.1, -0.05) is 42.5 Å². The zero-order chi connectivity index (χ0) is 17.6. The van der Waals surface area contributed by atoms with E-state index in [0.717, 1.165) is 19.5 Å². The first kappa shape index (κ1) is 17.2. The Bertz CT molecular complexity index is 728. The van der Waals surface area contributed by atoms with Gasteiger partial charge in [-0.25, -0.2) is 0 Å². The van der Waals surface area contributed by atoms with E-state index in [0.29, 0.717) is 23.8 Å². The van der Waals surface area contributed by atoms with Crippen molar-refractivity contribution < 1.29 is 14.3 Å². The molecule has 5 nitrogen and oxygen atoms in total. The van der Waals surface area contributed by atoms with Crippen LogP contribution in [0.4, 0.5) is 0 Å². The van der Waals surface area contributed by atoms with Crippen LogP contribution in [0.25, 0.3) is 0 Å². The number of likely N-dealkylation sites (tertiary alicyclic amines) is 1. The van der Waals surface area contributed by atoms with Crippen molar-refractivity contribution in [3.8, 4) is 5.75 Å². The number of carbonyl (C=O) groups is 2. The fraction of sp³-hybridized carbons (Fsp3) is 0.300. The summed E-state index contributed by atoms with van der Waals surface area (Å²) in [7, 11) is 0. The zero-order valence-electron chi connectivity index (χ0n) is 14.1. The second-order valence-electron chi connectivity index (χ2n) is 6.33. The van der Waals surface area contributed by atoms with Crippen molar-refractivity contribution in [3.63, 3.8) is 0 Å². The topological polar surface area (TPSA) is 72.6 Å². The number of rotatable bonds is 7. The molecule has 1 amide bonds. The number of amides is 1. The van der Waals surface area contributed by atoms with Crippen LogP contribution in [-0.4, -0.2) is 42.8 Å². The lowest BCUT2D eigenvalue weighted by atomic mass is 9.98. The predicted octanol–water partition coefficient (Wildman–Crippen LogP) is 2.22. The average molecular weight is 338 g/mol. The molecule has 2 aromatic carbocycles. The molecule has 5 heteroatoms. The number of ketones is 1. The molecule has 1 saturated heterocycles. The maximum atomic E-state index is 12.0. The summed E-state index contributed by atoms with van der Waals surface area (Å²) >= 11 is 0. The lowest BCUT2D eigenvalue weighted by Gasteiger charge is -2.14. The summed E-state index contributed by atoms with van der Waals surface area (Å²) in [5.74, 6) is 0.759. The van der Waals surface area contributed by atoms with Gasteiger partial charge in [-0.3, -0.25) is 14.5 Å². The molecule has 0 aliphatic carbocycles. The quantitative estimate of drug-likeness (QED) is 0.786. The van der Waals surface area contributed by atoms with Crippen LogP contribution in [0.15, 0.2) is 54.6 Å². The van der Waals surface area contributed by atoms with Gasteiger partial charge in [-0.05, 0) is 36.6 Å². The molecule has 0 saturated carbocycles. The van der Waals surface area contributed by atoms with Gasteiger partial charge in [0.05, 0.1) is 6.54 Å². The van der Waals surface area contributed by atoms with Crippen LogP contribution in [-0.2, 0) is 4.79 Å². The Morgan fingerprint density at radius 1 is 1.08 bits per heavy atom. The van der Waals surface area contributed by atoms with E-state index in [4.69, 9.17) is 10.5 Å². The third kappa shape index (κ3) is 4.67. The van der Waals surface area contributed by atoms with Crippen molar-refractivity contribution in [2.45, 2.75) is 12.3 Å². The highest BCUT2D eigenvalue weighted by atomic mass is 16.5. The van der Waals surface area contributed by atoms with Gasteiger partial charge < -0.3 is 10.5 Å². The molecule has 0 spiro atoms. The minimum absolute atomic E-state index is 0.0270. The van der Waals surface area contributed by atoms with Gasteiger partial charge in [-0.15, -0.1) is 0 Å². The van der Waals surface area contributed by atoms with Crippen LogP contribution in [0, 0.1) is 0 Å². The summed E-state index contributed by atoms with van der Waals surface area (Å²) < 4.78 is 5.59. The maximum Gasteiger partial charge on any atom is 0.231 e. The van der Waals surface area contributed by atoms with E-state index in [1.165, 1.54) is 5.56 Å². The molecule has 1 unspecified atom stereocenters. The highest BCUT2D eigenvalue weighted by Crippen LogP contribution is 2.28. The van der Waals surface area contributed by atoms with E-state index in [9.17, 15) is 9.59 Å². The molecule has 0 radical (unpaired) electrons. The van der Waals surface area contributed by atoms with Crippen molar-refractivity contribution in [2.24, 2.45) is 5.73 Å². The molecular formula is C20H22N2O3. The molecule has 2 N–H and O–H groups in total. The van der Waals surface area contributed by atoms with E-state index < -0.39 is 0 Å². The molecule has 1 heterocycles. The number of hydrogen-bond donors (Lipinski definition) is 1. The Morgan fingerprint density at radius 2 is 1.80 bits per heavy atom. The van der Waals surface area contributed by atoms with E-state index in [-0.39, 0.29) is 18.3 Å². The Morgan fingerprint density at radius 3 is 2.48 bits per heavy atom. The maximum absolute atomic E-state index is 12.0. The first-order valence-electron chi connectivity index (χ1n) is 8.43. The molecule has 130 valence electrons.